The van der Waals surface area contributed by atoms with Crippen LogP contribution >= 0.6 is 0 Å². The van der Waals surface area contributed by atoms with E-state index in [4.69, 9.17) is 4.42 Å². The number of hydrogen-bond donors (Lipinski definition) is 3. The van der Waals surface area contributed by atoms with Crippen molar-refractivity contribution in [2.24, 2.45) is 5.41 Å². The zero-order valence-electron chi connectivity index (χ0n) is 18.6. The van der Waals surface area contributed by atoms with Crippen LogP contribution < -0.4 is 10.6 Å². The van der Waals surface area contributed by atoms with Crippen molar-refractivity contribution in [1.82, 2.24) is 20.5 Å². The maximum atomic E-state index is 13.2. The molecule has 0 radical (unpaired) electrons. The van der Waals surface area contributed by atoms with Gasteiger partial charge in [0.2, 0.25) is 11.8 Å². The van der Waals surface area contributed by atoms with Gasteiger partial charge in [-0.3, -0.25) is 9.59 Å². The largest absolute Gasteiger partial charge is 0.444 e. The zero-order valence-corrected chi connectivity index (χ0v) is 18.6. The second kappa shape index (κ2) is 9.62. The summed E-state index contributed by atoms with van der Waals surface area (Å²) >= 11 is 0. The van der Waals surface area contributed by atoms with Crippen LogP contribution in [0.2, 0.25) is 0 Å². The lowest BCUT2D eigenvalue weighted by molar-refractivity contribution is -0.142. The van der Waals surface area contributed by atoms with E-state index in [1.807, 2.05) is 52.0 Å². The molecule has 1 aliphatic rings. The standard InChI is InChI=1S/C23H32N4O4/c1-5-25-20(23(2,3)4)22(30)27-13-17(28)10-18(27)21(29)26-11-15-6-8-16(9-7-15)19-12-24-14-31-19/h6-9,12,14,17-18,20,25,28H,5,10-11,13H2,1-4H3,(H,26,29)/t17-,18+,20-/m1/s1. The molecule has 3 rings (SSSR count). The third kappa shape index (κ3) is 5.51. The fourth-order valence-corrected chi connectivity index (χ4v) is 3.89. The maximum Gasteiger partial charge on any atom is 0.243 e. The Hall–Kier alpha value is -2.71. The lowest BCUT2D eigenvalue weighted by atomic mass is 9.85. The molecule has 8 heteroatoms. The molecular formula is C23H32N4O4. The molecule has 0 bridgehead atoms. The Morgan fingerprint density at radius 1 is 1.29 bits per heavy atom. The van der Waals surface area contributed by atoms with Gasteiger partial charge in [-0.1, -0.05) is 52.0 Å². The summed E-state index contributed by atoms with van der Waals surface area (Å²) in [6.07, 6.45) is 2.56. The van der Waals surface area contributed by atoms with Crippen molar-refractivity contribution in [3.05, 3.63) is 42.4 Å². The molecular weight excluding hydrogens is 396 g/mol. The first-order chi connectivity index (χ1) is 14.7. The Morgan fingerprint density at radius 2 is 2.00 bits per heavy atom. The predicted molar refractivity (Wildman–Crippen MR) is 117 cm³/mol. The molecule has 1 fully saturated rings. The molecule has 1 aromatic heterocycles. The molecule has 3 N–H and O–H groups in total. The molecule has 8 nitrogen and oxygen atoms in total. The number of aromatic nitrogens is 1. The number of benzene rings is 1. The van der Waals surface area contributed by atoms with Gasteiger partial charge in [-0.05, 0) is 17.5 Å². The van der Waals surface area contributed by atoms with Crippen LogP contribution in [0.5, 0.6) is 0 Å². The molecule has 1 aliphatic heterocycles. The molecule has 0 unspecified atom stereocenters. The number of amides is 2. The summed E-state index contributed by atoms with van der Waals surface area (Å²) in [6, 6.07) is 6.51. The van der Waals surface area contributed by atoms with Gasteiger partial charge in [0, 0.05) is 25.1 Å². The van der Waals surface area contributed by atoms with Crippen LogP contribution in [-0.2, 0) is 16.1 Å². The number of carbonyl (C=O) groups is 2. The number of hydrogen-bond acceptors (Lipinski definition) is 6. The quantitative estimate of drug-likeness (QED) is 0.622. The summed E-state index contributed by atoms with van der Waals surface area (Å²) in [6.45, 7) is 9.06. The highest BCUT2D eigenvalue weighted by atomic mass is 16.3. The number of nitrogens with zero attached hydrogens (tertiary/aromatic N) is 2. The molecule has 1 aromatic carbocycles. The number of β-amino-alcohol motifs (C(OH)–C–C–N with tert-alkyl or cyclic N) is 1. The van der Waals surface area contributed by atoms with Crippen LogP contribution in [-0.4, -0.2) is 58.1 Å². The van der Waals surface area contributed by atoms with Gasteiger partial charge in [-0.25, -0.2) is 4.98 Å². The van der Waals surface area contributed by atoms with E-state index in [1.165, 1.54) is 11.3 Å². The minimum Gasteiger partial charge on any atom is -0.444 e. The second-order valence-electron chi connectivity index (χ2n) is 9.03. The number of aliphatic hydroxyl groups is 1. The molecule has 2 heterocycles. The molecule has 0 aliphatic carbocycles. The summed E-state index contributed by atoms with van der Waals surface area (Å²) in [5.74, 6) is 0.273. The van der Waals surface area contributed by atoms with Gasteiger partial charge < -0.3 is 25.1 Å². The first kappa shape index (κ1) is 23.0. The van der Waals surface area contributed by atoms with Crippen molar-refractivity contribution >= 4 is 11.8 Å². The average Bonchev–Trinajstić information content (AvgIpc) is 3.39. The summed E-state index contributed by atoms with van der Waals surface area (Å²) in [4.78, 5) is 31.6. The van der Waals surface area contributed by atoms with Gasteiger partial charge in [-0.2, -0.15) is 0 Å². The van der Waals surface area contributed by atoms with Gasteiger partial charge in [0.15, 0.2) is 12.2 Å². The Balaban J connectivity index is 1.64. The van der Waals surface area contributed by atoms with Gasteiger partial charge in [0.05, 0.1) is 18.3 Å². The van der Waals surface area contributed by atoms with E-state index in [-0.39, 0.29) is 30.2 Å². The van der Waals surface area contributed by atoms with Gasteiger partial charge in [-0.15, -0.1) is 0 Å². The molecule has 2 aromatic rings. The number of oxazole rings is 1. The minimum atomic E-state index is -0.705. The van der Waals surface area contributed by atoms with Crippen molar-refractivity contribution in [3.63, 3.8) is 0 Å². The molecule has 3 atom stereocenters. The number of carbonyl (C=O) groups excluding carboxylic acids is 2. The Kier molecular flexibility index (Phi) is 7.12. The van der Waals surface area contributed by atoms with Gasteiger partial charge in [0.1, 0.15) is 6.04 Å². The predicted octanol–water partition coefficient (Wildman–Crippen LogP) is 1.94. The monoisotopic (exact) mass is 428 g/mol. The normalized spacial score (nSPS) is 20.0. The van der Waals surface area contributed by atoms with Crippen LogP contribution in [0.15, 0.2) is 41.3 Å². The van der Waals surface area contributed by atoms with E-state index >= 15 is 0 Å². The number of nitrogens with one attached hydrogen (secondary N) is 2. The molecule has 2 amide bonds. The van der Waals surface area contributed by atoms with E-state index in [1.54, 1.807) is 6.20 Å². The summed E-state index contributed by atoms with van der Waals surface area (Å²) in [5, 5.41) is 16.3. The van der Waals surface area contributed by atoms with Crippen LogP contribution in [0.25, 0.3) is 11.3 Å². The van der Waals surface area contributed by atoms with E-state index in [0.717, 1.165) is 11.1 Å². The van der Waals surface area contributed by atoms with E-state index < -0.39 is 18.2 Å². The highest BCUT2D eigenvalue weighted by molar-refractivity contribution is 5.91. The Labute approximate surface area is 183 Å². The summed E-state index contributed by atoms with van der Waals surface area (Å²) < 4.78 is 5.28. The molecule has 0 saturated carbocycles. The average molecular weight is 429 g/mol. The minimum absolute atomic E-state index is 0.150. The molecule has 168 valence electrons. The Bertz CT molecular complexity index is 874. The number of likely N-dealkylation sites (tertiary alicyclic amines) is 1. The van der Waals surface area contributed by atoms with E-state index in [9.17, 15) is 14.7 Å². The third-order valence-corrected chi connectivity index (χ3v) is 5.52. The van der Waals surface area contributed by atoms with Crippen LogP contribution in [0.3, 0.4) is 0 Å². The van der Waals surface area contributed by atoms with Crippen molar-refractivity contribution < 1.29 is 19.1 Å². The first-order valence-corrected chi connectivity index (χ1v) is 10.7. The van der Waals surface area contributed by atoms with Gasteiger partial charge >= 0.3 is 0 Å². The molecule has 1 saturated heterocycles. The lowest BCUT2D eigenvalue weighted by Crippen LogP contribution is -2.56. The lowest BCUT2D eigenvalue weighted by Gasteiger charge is -2.35. The second-order valence-corrected chi connectivity index (χ2v) is 9.03. The Morgan fingerprint density at radius 3 is 2.58 bits per heavy atom. The zero-order chi connectivity index (χ0) is 22.6. The third-order valence-electron chi connectivity index (χ3n) is 5.52. The fraction of sp³-hybridized carbons (Fsp3) is 0.522. The maximum absolute atomic E-state index is 13.2. The van der Waals surface area contributed by atoms with Crippen LogP contribution in [0, 0.1) is 5.41 Å². The van der Waals surface area contributed by atoms with E-state index in [2.05, 4.69) is 15.6 Å². The van der Waals surface area contributed by atoms with Crippen molar-refractivity contribution in [2.45, 2.75) is 58.8 Å². The highest BCUT2D eigenvalue weighted by Gasteiger charge is 2.43. The first-order valence-electron chi connectivity index (χ1n) is 10.7. The van der Waals surface area contributed by atoms with E-state index in [0.29, 0.717) is 18.8 Å². The summed E-state index contributed by atoms with van der Waals surface area (Å²) in [5.41, 5.74) is 1.51. The number of rotatable bonds is 7. The number of aliphatic hydroxyl groups excluding tert-OH is 1. The van der Waals surface area contributed by atoms with Crippen molar-refractivity contribution in [2.75, 3.05) is 13.1 Å². The SMILES string of the molecule is CCN[C@H](C(=O)N1C[C@H](O)C[C@H]1C(=O)NCc1ccc(-c2cnco2)cc1)C(C)(C)C. The van der Waals surface area contributed by atoms with Gasteiger partial charge in [0.25, 0.3) is 0 Å². The summed E-state index contributed by atoms with van der Waals surface area (Å²) in [7, 11) is 0. The highest BCUT2D eigenvalue weighted by Crippen LogP contribution is 2.26. The number of likely N-dealkylation sites (N-methyl/N-ethyl adjacent to an activating group) is 1. The topological polar surface area (TPSA) is 108 Å². The van der Waals surface area contributed by atoms with Crippen LogP contribution in [0.4, 0.5) is 0 Å². The fourth-order valence-electron chi connectivity index (χ4n) is 3.89. The van der Waals surface area contributed by atoms with Crippen molar-refractivity contribution in [1.29, 1.82) is 0 Å². The molecule has 0 spiro atoms. The van der Waals surface area contributed by atoms with Crippen LogP contribution in [0.1, 0.15) is 39.7 Å². The van der Waals surface area contributed by atoms with Crippen molar-refractivity contribution in [3.8, 4) is 11.3 Å². The smallest absolute Gasteiger partial charge is 0.243 e. The molecule has 31 heavy (non-hydrogen) atoms.